The van der Waals surface area contributed by atoms with Crippen LogP contribution in [0.25, 0.3) is 0 Å². The number of methoxy groups -OCH3 is 1. The summed E-state index contributed by atoms with van der Waals surface area (Å²) in [7, 11) is 1.61. The number of ether oxygens (including phenoxy) is 1. The predicted molar refractivity (Wildman–Crippen MR) is 73.7 cm³/mol. The van der Waals surface area contributed by atoms with Crippen LogP contribution in [0.1, 0.15) is 16.5 Å². The zero-order chi connectivity index (χ0) is 12.8. The van der Waals surface area contributed by atoms with E-state index >= 15 is 0 Å². The second-order valence-corrected chi connectivity index (χ2v) is 4.91. The molecule has 0 radical (unpaired) electrons. The van der Waals surface area contributed by atoms with E-state index in [0.29, 0.717) is 12.4 Å². The van der Waals surface area contributed by atoms with E-state index in [4.69, 9.17) is 10.5 Å². The Balaban J connectivity index is 1.98. The van der Waals surface area contributed by atoms with Crippen LogP contribution in [0.5, 0.6) is 5.88 Å². The zero-order valence-corrected chi connectivity index (χ0v) is 11.1. The Labute approximate surface area is 111 Å². The summed E-state index contributed by atoms with van der Waals surface area (Å²) in [5.74, 6) is 0.618. The number of rotatable bonds is 6. The summed E-state index contributed by atoms with van der Waals surface area (Å²) in [4.78, 5) is 5.50. The molecule has 2 aromatic heterocycles. The average molecular weight is 263 g/mol. The van der Waals surface area contributed by atoms with Gasteiger partial charge in [0, 0.05) is 36.3 Å². The SMILES string of the molecule is COc1ccc(C(CN)NCc2cccs2)cn1. The van der Waals surface area contributed by atoms with Crippen molar-refractivity contribution in [1.82, 2.24) is 10.3 Å². The molecule has 0 aliphatic rings. The summed E-state index contributed by atoms with van der Waals surface area (Å²) in [6, 6.07) is 8.12. The molecule has 4 nitrogen and oxygen atoms in total. The van der Waals surface area contributed by atoms with E-state index in [0.717, 1.165) is 12.1 Å². The summed E-state index contributed by atoms with van der Waals surface area (Å²) in [6.45, 7) is 1.37. The molecule has 0 saturated heterocycles. The third-order valence-electron chi connectivity index (χ3n) is 2.71. The quantitative estimate of drug-likeness (QED) is 0.836. The highest BCUT2D eigenvalue weighted by Gasteiger charge is 2.09. The second kappa shape index (κ2) is 6.49. The highest BCUT2D eigenvalue weighted by atomic mass is 32.1. The molecule has 2 heterocycles. The molecular weight excluding hydrogens is 246 g/mol. The third kappa shape index (κ3) is 3.29. The maximum absolute atomic E-state index is 5.80. The predicted octanol–water partition coefficient (Wildman–Crippen LogP) is 1.94. The normalized spacial score (nSPS) is 12.3. The van der Waals surface area contributed by atoms with E-state index in [1.54, 1.807) is 24.6 Å². The Bertz CT molecular complexity index is 456. The van der Waals surface area contributed by atoms with Gasteiger partial charge in [0.1, 0.15) is 0 Å². The summed E-state index contributed by atoms with van der Waals surface area (Å²) in [5.41, 5.74) is 6.88. The van der Waals surface area contributed by atoms with Crippen molar-refractivity contribution in [3.63, 3.8) is 0 Å². The van der Waals surface area contributed by atoms with Crippen molar-refractivity contribution in [2.24, 2.45) is 5.73 Å². The first-order valence-corrected chi connectivity index (χ1v) is 6.67. The number of hydrogen-bond acceptors (Lipinski definition) is 5. The fourth-order valence-corrected chi connectivity index (χ4v) is 2.35. The topological polar surface area (TPSA) is 60.2 Å². The van der Waals surface area contributed by atoms with Crippen LogP contribution in [0, 0.1) is 0 Å². The van der Waals surface area contributed by atoms with Gasteiger partial charge < -0.3 is 15.8 Å². The molecule has 0 spiro atoms. The molecule has 1 atom stereocenters. The van der Waals surface area contributed by atoms with Crippen LogP contribution in [0.3, 0.4) is 0 Å². The minimum absolute atomic E-state index is 0.116. The highest BCUT2D eigenvalue weighted by molar-refractivity contribution is 7.09. The van der Waals surface area contributed by atoms with E-state index in [2.05, 4.69) is 21.7 Å². The van der Waals surface area contributed by atoms with Gasteiger partial charge in [0.25, 0.3) is 0 Å². The number of nitrogens with zero attached hydrogens (tertiary/aromatic N) is 1. The first kappa shape index (κ1) is 13.0. The number of nitrogens with one attached hydrogen (secondary N) is 1. The monoisotopic (exact) mass is 263 g/mol. The van der Waals surface area contributed by atoms with Crippen LogP contribution in [-0.4, -0.2) is 18.6 Å². The molecule has 2 rings (SSSR count). The van der Waals surface area contributed by atoms with Crippen molar-refractivity contribution in [3.05, 3.63) is 46.3 Å². The van der Waals surface area contributed by atoms with Gasteiger partial charge in [-0.1, -0.05) is 12.1 Å². The molecule has 5 heteroatoms. The fourth-order valence-electron chi connectivity index (χ4n) is 1.69. The van der Waals surface area contributed by atoms with Crippen molar-refractivity contribution < 1.29 is 4.74 Å². The van der Waals surface area contributed by atoms with E-state index in [1.807, 2.05) is 18.2 Å². The van der Waals surface area contributed by atoms with E-state index in [-0.39, 0.29) is 6.04 Å². The zero-order valence-electron chi connectivity index (χ0n) is 10.3. The Kier molecular flexibility index (Phi) is 4.69. The first-order chi connectivity index (χ1) is 8.83. The van der Waals surface area contributed by atoms with Crippen LogP contribution in [0.4, 0.5) is 0 Å². The van der Waals surface area contributed by atoms with Crippen LogP contribution in [-0.2, 0) is 6.54 Å². The molecule has 2 aromatic rings. The molecule has 18 heavy (non-hydrogen) atoms. The van der Waals surface area contributed by atoms with E-state index in [9.17, 15) is 0 Å². The van der Waals surface area contributed by atoms with Crippen LogP contribution >= 0.6 is 11.3 Å². The van der Waals surface area contributed by atoms with Gasteiger partial charge in [-0.2, -0.15) is 0 Å². The Morgan fingerprint density at radius 1 is 1.44 bits per heavy atom. The summed E-state index contributed by atoms with van der Waals surface area (Å²) >= 11 is 1.74. The molecule has 0 bridgehead atoms. The third-order valence-corrected chi connectivity index (χ3v) is 3.59. The average Bonchev–Trinajstić information content (AvgIpc) is 2.93. The lowest BCUT2D eigenvalue weighted by Crippen LogP contribution is -2.27. The Hall–Kier alpha value is -1.43. The molecule has 3 N–H and O–H groups in total. The lowest BCUT2D eigenvalue weighted by molar-refractivity contribution is 0.397. The van der Waals surface area contributed by atoms with Crippen LogP contribution in [0.2, 0.25) is 0 Å². The van der Waals surface area contributed by atoms with E-state index in [1.165, 1.54) is 4.88 Å². The van der Waals surface area contributed by atoms with Crippen LogP contribution in [0.15, 0.2) is 35.8 Å². The molecule has 0 amide bonds. The van der Waals surface area contributed by atoms with Crippen molar-refractivity contribution in [2.75, 3.05) is 13.7 Å². The van der Waals surface area contributed by atoms with Crippen molar-refractivity contribution in [1.29, 1.82) is 0 Å². The largest absolute Gasteiger partial charge is 0.481 e. The lowest BCUT2D eigenvalue weighted by Gasteiger charge is -2.16. The van der Waals surface area contributed by atoms with Gasteiger partial charge in [-0.15, -0.1) is 11.3 Å². The molecular formula is C13H17N3OS. The Morgan fingerprint density at radius 3 is 2.89 bits per heavy atom. The number of hydrogen-bond donors (Lipinski definition) is 2. The maximum Gasteiger partial charge on any atom is 0.212 e. The van der Waals surface area contributed by atoms with Gasteiger partial charge in [0.05, 0.1) is 7.11 Å². The summed E-state index contributed by atoms with van der Waals surface area (Å²) < 4.78 is 5.04. The van der Waals surface area contributed by atoms with Crippen molar-refractivity contribution >= 4 is 11.3 Å². The standard InChI is InChI=1S/C13H17N3OS/c1-17-13-5-4-10(8-16-13)12(7-14)15-9-11-3-2-6-18-11/h2-6,8,12,15H,7,9,14H2,1H3. The maximum atomic E-state index is 5.80. The van der Waals surface area contributed by atoms with Gasteiger partial charge in [-0.25, -0.2) is 4.98 Å². The number of pyridine rings is 1. The van der Waals surface area contributed by atoms with Gasteiger partial charge in [-0.05, 0) is 17.0 Å². The van der Waals surface area contributed by atoms with Gasteiger partial charge in [0.15, 0.2) is 0 Å². The molecule has 0 saturated carbocycles. The molecule has 0 aromatic carbocycles. The van der Waals surface area contributed by atoms with Gasteiger partial charge in [-0.3, -0.25) is 0 Å². The molecule has 0 fully saturated rings. The molecule has 0 aliphatic carbocycles. The highest BCUT2D eigenvalue weighted by Crippen LogP contribution is 2.16. The van der Waals surface area contributed by atoms with E-state index < -0.39 is 0 Å². The van der Waals surface area contributed by atoms with Crippen molar-refractivity contribution in [2.45, 2.75) is 12.6 Å². The summed E-state index contributed by atoms with van der Waals surface area (Å²) in [5, 5.41) is 5.50. The summed E-state index contributed by atoms with van der Waals surface area (Å²) in [6.07, 6.45) is 1.80. The number of thiophene rings is 1. The number of nitrogens with two attached hydrogens (primary N) is 1. The molecule has 0 aliphatic heterocycles. The Morgan fingerprint density at radius 2 is 2.33 bits per heavy atom. The molecule has 96 valence electrons. The minimum atomic E-state index is 0.116. The van der Waals surface area contributed by atoms with Crippen LogP contribution < -0.4 is 15.8 Å². The number of aromatic nitrogens is 1. The smallest absolute Gasteiger partial charge is 0.212 e. The van der Waals surface area contributed by atoms with Crippen molar-refractivity contribution in [3.8, 4) is 5.88 Å². The van der Waals surface area contributed by atoms with Gasteiger partial charge in [0.2, 0.25) is 5.88 Å². The molecule has 1 unspecified atom stereocenters. The first-order valence-electron chi connectivity index (χ1n) is 5.79. The fraction of sp³-hybridized carbons (Fsp3) is 0.308. The lowest BCUT2D eigenvalue weighted by atomic mass is 10.1. The minimum Gasteiger partial charge on any atom is -0.481 e. The second-order valence-electron chi connectivity index (χ2n) is 3.88. The van der Waals surface area contributed by atoms with Gasteiger partial charge >= 0.3 is 0 Å².